The van der Waals surface area contributed by atoms with Gasteiger partial charge in [-0.3, -0.25) is 0 Å². The van der Waals surface area contributed by atoms with Crippen molar-refractivity contribution >= 4 is 34.4 Å². The van der Waals surface area contributed by atoms with Gasteiger partial charge < -0.3 is 28.9 Å². The van der Waals surface area contributed by atoms with E-state index < -0.39 is 0 Å². The molecular weight excluding hydrogens is 427 g/mol. The normalized spacial score (nSPS) is 14.8. The second kappa shape index (κ2) is 7.15. The van der Waals surface area contributed by atoms with Crippen molar-refractivity contribution in [2.24, 2.45) is 0 Å². The number of aryl methyl sites for hydroxylation is 1. The summed E-state index contributed by atoms with van der Waals surface area (Å²) in [6.45, 7) is 3.17. The largest absolute Gasteiger partial charge is 1.00 e. The first kappa shape index (κ1) is 17.3. The number of rotatable bonds is 2. The zero-order valence-electron chi connectivity index (χ0n) is 13.7. The van der Waals surface area contributed by atoms with Gasteiger partial charge in [-0.25, -0.2) is 0 Å². The first-order valence-corrected chi connectivity index (χ1v) is 8.73. The van der Waals surface area contributed by atoms with Gasteiger partial charge in [-0.15, -0.1) is 0 Å². The van der Waals surface area contributed by atoms with Gasteiger partial charge in [-0.05, 0) is 36.8 Å². The summed E-state index contributed by atoms with van der Waals surface area (Å²) in [4.78, 5) is 3.60. The number of aromatic nitrogens is 1. The van der Waals surface area contributed by atoms with Crippen molar-refractivity contribution in [1.29, 1.82) is 0 Å². The van der Waals surface area contributed by atoms with Crippen LogP contribution in [0.15, 0.2) is 70.7 Å². The van der Waals surface area contributed by atoms with Crippen LogP contribution in [0.1, 0.15) is 12.5 Å². The molecule has 0 atom stereocenters. The van der Waals surface area contributed by atoms with Crippen LogP contribution in [0, 0.1) is 0 Å². The molecule has 2 aromatic carbocycles. The maximum Gasteiger partial charge on any atom is 0.213 e. The molecule has 1 aliphatic rings. The zero-order valence-corrected chi connectivity index (χ0v) is 16.7. The lowest BCUT2D eigenvalue weighted by Crippen LogP contribution is -3.00. The molecule has 2 nitrogen and oxygen atoms in total. The van der Waals surface area contributed by atoms with E-state index in [2.05, 4.69) is 90.3 Å². The molecule has 0 amide bonds. The number of anilines is 1. The van der Waals surface area contributed by atoms with Crippen molar-refractivity contribution < 1.29 is 28.5 Å². The zero-order chi connectivity index (χ0) is 15.8. The summed E-state index contributed by atoms with van der Waals surface area (Å²) in [7, 11) is 2.14. The van der Waals surface area contributed by atoms with Crippen LogP contribution in [0.2, 0.25) is 0 Å². The van der Waals surface area contributed by atoms with E-state index in [1.165, 1.54) is 32.1 Å². The maximum absolute atomic E-state index is 2.30. The third-order valence-corrected chi connectivity index (χ3v) is 5.52. The van der Waals surface area contributed by atoms with Crippen LogP contribution in [0.4, 0.5) is 5.69 Å². The number of halogens is 1. The van der Waals surface area contributed by atoms with Crippen LogP contribution in [0.3, 0.4) is 0 Å². The number of para-hydroxylation sites is 2. The lowest BCUT2D eigenvalue weighted by atomic mass is 10.1. The Kier molecular flexibility index (Phi) is 5.15. The molecule has 3 aromatic rings. The van der Waals surface area contributed by atoms with E-state index in [0.717, 1.165) is 6.54 Å². The number of nitrogens with zero attached hydrogens (tertiary/aromatic N) is 2. The van der Waals surface area contributed by atoms with Crippen LogP contribution >= 0.6 is 11.8 Å². The molecular formula is C20H19IN2S. The molecule has 0 fully saturated rings. The molecule has 0 spiro atoms. The lowest BCUT2D eigenvalue weighted by Gasteiger charge is -2.13. The molecule has 24 heavy (non-hydrogen) atoms. The molecule has 0 aliphatic carbocycles. The minimum Gasteiger partial charge on any atom is -1.00 e. The summed E-state index contributed by atoms with van der Waals surface area (Å²) in [5.74, 6) is 0. The molecule has 1 aliphatic heterocycles. The van der Waals surface area contributed by atoms with Crippen molar-refractivity contribution in [2.45, 2.75) is 18.4 Å². The summed E-state index contributed by atoms with van der Waals surface area (Å²) in [6, 6.07) is 19.4. The van der Waals surface area contributed by atoms with Gasteiger partial charge in [0.1, 0.15) is 6.54 Å². The van der Waals surface area contributed by atoms with Gasteiger partial charge in [0, 0.05) is 24.1 Å². The average molecular weight is 446 g/mol. The SMILES string of the molecule is CC[n+]1ccc(/C=C2\Sc3ccccc3N2C)c2ccccc21.[I-]. The Labute approximate surface area is 164 Å². The van der Waals surface area contributed by atoms with Crippen LogP contribution < -0.4 is 33.4 Å². The Morgan fingerprint density at radius 2 is 1.79 bits per heavy atom. The highest BCUT2D eigenvalue weighted by Gasteiger charge is 2.21. The van der Waals surface area contributed by atoms with Gasteiger partial charge in [0.2, 0.25) is 5.52 Å². The third-order valence-electron chi connectivity index (χ3n) is 4.35. The van der Waals surface area contributed by atoms with Crippen molar-refractivity contribution in [3.8, 4) is 0 Å². The Bertz CT molecular complexity index is 920. The number of hydrogen-bond acceptors (Lipinski definition) is 2. The monoisotopic (exact) mass is 446 g/mol. The summed E-state index contributed by atoms with van der Waals surface area (Å²) < 4.78 is 2.29. The van der Waals surface area contributed by atoms with Crippen molar-refractivity contribution in [1.82, 2.24) is 0 Å². The molecule has 2 heterocycles. The fourth-order valence-corrected chi connectivity index (χ4v) is 4.19. The Morgan fingerprint density at radius 1 is 1.04 bits per heavy atom. The first-order chi connectivity index (χ1) is 11.3. The summed E-state index contributed by atoms with van der Waals surface area (Å²) in [5, 5.41) is 2.57. The second-order valence-corrected chi connectivity index (χ2v) is 6.75. The van der Waals surface area contributed by atoms with Crippen molar-refractivity contribution in [2.75, 3.05) is 11.9 Å². The Hall–Kier alpha value is -1.53. The molecule has 0 N–H and O–H groups in total. The smallest absolute Gasteiger partial charge is 0.213 e. The average Bonchev–Trinajstić information content (AvgIpc) is 2.91. The second-order valence-electron chi connectivity index (χ2n) is 5.69. The predicted octanol–water partition coefficient (Wildman–Crippen LogP) is 1.69. The maximum atomic E-state index is 2.30. The number of fused-ring (bicyclic) bond motifs is 2. The fourth-order valence-electron chi connectivity index (χ4n) is 3.09. The number of hydrogen-bond donors (Lipinski definition) is 0. The topological polar surface area (TPSA) is 7.12 Å². The van der Waals surface area contributed by atoms with Crippen molar-refractivity contribution in [3.05, 3.63) is 71.4 Å². The van der Waals surface area contributed by atoms with Crippen LogP contribution in [0.25, 0.3) is 17.0 Å². The quantitative estimate of drug-likeness (QED) is 0.437. The van der Waals surface area contributed by atoms with Gasteiger partial charge >= 0.3 is 0 Å². The van der Waals surface area contributed by atoms with Crippen LogP contribution in [0.5, 0.6) is 0 Å². The summed E-state index contributed by atoms with van der Waals surface area (Å²) in [6.07, 6.45) is 4.48. The van der Waals surface area contributed by atoms with Crippen molar-refractivity contribution in [3.63, 3.8) is 0 Å². The van der Waals surface area contributed by atoms with E-state index in [-0.39, 0.29) is 24.0 Å². The molecule has 1 aromatic heterocycles. The molecule has 0 unspecified atom stereocenters. The molecule has 0 saturated heterocycles. The summed E-state index contributed by atoms with van der Waals surface area (Å²) >= 11 is 1.84. The summed E-state index contributed by atoms with van der Waals surface area (Å²) in [5.41, 5.74) is 3.84. The Morgan fingerprint density at radius 3 is 2.58 bits per heavy atom. The lowest BCUT2D eigenvalue weighted by molar-refractivity contribution is -0.667. The van der Waals surface area contributed by atoms with Gasteiger partial charge in [-0.2, -0.15) is 4.57 Å². The van der Waals surface area contributed by atoms with E-state index in [9.17, 15) is 0 Å². The van der Waals surface area contributed by atoms with Gasteiger partial charge in [-0.1, -0.05) is 36.0 Å². The van der Waals surface area contributed by atoms with E-state index in [1.54, 1.807) is 0 Å². The highest BCUT2D eigenvalue weighted by molar-refractivity contribution is 8.03. The van der Waals surface area contributed by atoms with Gasteiger partial charge in [0.25, 0.3) is 0 Å². The van der Waals surface area contributed by atoms with E-state index in [0.29, 0.717) is 0 Å². The van der Waals surface area contributed by atoms with E-state index in [1.807, 2.05) is 11.8 Å². The molecule has 122 valence electrons. The van der Waals surface area contributed by atoms with E-state index in [4.69, 9.17) is 0 Å². The number of pyridine rings is 1. The molecule has 0 bridgehead atoms. The predicted molar refractivity (Wildman–Crippen MR) is 98.5 cm³/mol. The molecule has 4 heteroatoms. The van der Waals surface area contributed by atoms with Gasteiger partial charge in [0.15, 0.2) is 6.20 Å². The standard InChI is InChI=1S/C20H19N2S.HI/c1-3-22-13-12-15(16-8-4-5-9-17(16)22)14-20-21(2)18-10-6-7-11-19(18)23-20;/h4-14H,3H2,1-2H3;1H/q+1;/p-1. The van der Waals surface area contributed by atoms with Gasteiger partial charge in [0.05, 0.1) is 16.1 Å². The van der Waals surface area contributed by atoms with Crippen LogP contribution in [-0.2, 0) is 6.54 Å². The highest BCUT2D eigenvalue weighted by atomic mass is 127. The number of benzene rings is 2. The highest BCUT2D eigenvalue weighted by Crippen LogP contribution is 2.45. The Balaban J connectivity index is 0.00000169. The molecule has 4 rings (SSSR count). The minimum absolute atomic E-state index is 0. The van der Waals surface area contributed by atoms with Crippen LogP contribution in [-0.4, -0.2) is 7.05 Å². The minimum atomic E-state index is 0. The molecule has 0 saturated carbocycles. The van der Waals surface area contributed by atoms with E-state index >= 15 is 0 Å². The molecule has 0 radical (unpaired) electrons. The number of thioether (sulfide) groups is 1. The fraction of sp³-hybridized carbons (Fsp3) is 0.150. The first-order valence-electron chi connectivity index (χ1n) is 7.91. The third kappa shape index (κ3) is 2.93.